The lowest BCUT2D eigenvalue weighted by Gasteiger charge is -2.35. The Morgan fingerprint density at radius 1 is 1.10 bits per heavy atom. The predicted molar refractivity (Wildman–Crippen MR) is 114 cm³/mol. The van der Waals surface area contributed by atoms with Crippen LogP contribution in [0.15, 0.2) is 42.0 Å². The van der Waals surface area contributed by atoms with Crippen molar-refractivity contribution in [2.24, 2.45) is 0 Å². The summed E-state index contributed by atoms with van der Waals surface area (Å²) in [6, 6.07) is 13.3. The van der Waals surface area contributed by atoms with Gasteiger partial charge in [0.25, 0.3) is 5.91 Å². The molecule has 5 heteroatoms. The molecule has 0 saturated carbocycles. The molecule has 2 aromatic rings. The molecule has 3 aliphatic rings. The molecule has 5 nitrogen and oxygen atoms in total. The van der Waals surface area contributed by atoms with Crippen molar-refractivity contribution in [3.05, 3.63) is 75.4 Å². The summed E-state index contributed by atoms with van der Waals surface area (Å²) < 4.78 is 0. The molecule has 1 saturated heterocycles. The van der Waals surface area contributed by atoms with Crippen molar-refractivity contribution < 1.29 is 9.59 Å². The van der Waals surface area contributed by atoms with Crippen molar-refractivity contribution in [2.75, 3.05) is 26.2 Å². The molecule has 1 amide bonds. The number of hydrogen-bond donors (Lipinski definition) is 1. The van der Waals surface area contributed by atoms with Crippen molar-refractivity contribution in [2.45, 2.75) is 25.7 Å². The van der Waals surface area contributed by atoms with Gasteiger partial charge >= 0.3 is 0 Å². The second-order valence-corrected chi connectivity index (χ2v) is 8.77. The van der Waals surface area contributed by atoms with Gasteiger partial charge in [0.2, 0.25) is 0 Å². The molecule has 1 aliphatic heterocycles. The van der Waals surface area contributed by atoms with Crippen molar-refractivity contribution in [1.29, 1.82) is 5.26 Å². The Hall–Kier alpha value is -3.23. The fourth-order valence-electron chi connectivity index (χ4n) is 5.03. The zero-order valence-electron chi connectivity index (χ0n) is 17.2. The number of benzene rings is 2. The van der Waals surface area contributed by atoms with Gasteiger partial charge in [0, 0.05) is 48.3 Å². The molecule has 1 N–H and O–H groups in total. The third kappa shape index (κ3) is 2.64. The van der Waals surface area contributed by atoms with Crippen LogP contribution in [0.1, 0.15) is 56.8 Å². The van der Waals surface area contributed by atoms with Crippen molar-refractivity contribution >= 4 is 17.3 Å². The first-order valence-electron chi connectivity index (χ1n) is 10.4. The first kappa shape index (κ1) is 18.8. The van der Waals surface area contributed by atoms with E-state index in [-0.39, 0.29) is 17.1 Å². The first-order chi connectivity index (χ1) is 14.4. The van der Waals surface area contributed by atoms with Crippen LogP contribution in [0.5, 0.6) is 0 Å². The highest BCUT2D eigenvalue weighted by atomic mass is 16.2. The Morgan fingerprint density at radius 2 is 1.83 bits per heavy atom. The zero-order valence-corrected chi connectivity index (χ0v) is 17.2. The van der Waals surface area contributed by atoms with Gasteiger partial charge in [-0.3, -0.25) is 9.59 Å². The van der Waals surface area contributed by atoms with E-state index in [4.69, 9.17) is 0 Å². The summed E-state index contributed by atoms with van der Waals surface area (Å²) in [4.78, 5) is 28.4. The number of amides is 1. The van der Waals surface area contributed by atoms with Crippen molar-refractivity contribution in [3.63, 3.8) is 0 Å². The van der Waals surface area contributed by atoms with Gasteiger partial charge < -0.3 is 10.2 Å². The zero-order chi connectivity index (χ0) is 21.0. The van der Waals surface area contributed by atoms with Gasteiger partial charge in [0.15, 0.2) is 5.78 Å². The smallest absolute Gasteiger partial charge is 0.253 e. The topological polar surface area (TPSA) is 73.2 Å². The van der Waals surface area contributed by atoms with Crippen LogP contribution >= 0.6 is 0 Å². The van der Waals surface area contributed by atoms with E-state index in [0.717, 1.165) is 40.9 Å². The van der Waals surface area contributed by atoms with E-state index in [9.17, 15) is 14.9 Å². The molecule has 5 rings (SSSR count). The van der Waals surface area contributed by atoms with Crippen LogP contribution < -0.4 is 5.32 Å². The number of piperazine rings is 1. The summed E-state index contributed by atoms with van der Waals surface area (Å²) in [5.41, 5.74) is 6.30. The Balaban J connectivity index is 1.57. The molecule has 150 valence electrons. The summed E-state index contributed by atoms with van der Waals surface area (Å²) in [7, 11) is 0. The minimum absolute atomic E-state index is 0.0176. The van der Waals surface area contributed by atoms with E-state index in [0.29, 0.717) is 36.2 Å². The monoisotopic (exact) mass is 397 g/mol. The van der Waals surface area contributed by atoms with E-state index in [1.807, 2.05) is 29.2 Å². The highest BCUT2D eigenvalue weighted by Crippen LogP contribution is 2.50. The number of rotatable bonds is 1. The fraction of sp³-hybridized carbons (Fsp3) is 0.320. The number of allylic oxidation sites excluding steroid dienone is 2. The molecule has 2 aromatic carbocycles. The van der Waals surface area contributed by atoms with E-state index in [1.165, 1.54) is 0 Å². The summed E-state index contributed by atoms with van der Waals surface area (Å²) >= 11 is 0. The highest BCUT2D eigenvalue weighted by molar-refractivity contribution is 6.33. The minimum Gasteiger partial charge on any atom is -0.336 e. The quantitative estimate of drug-likeness (QED) is 0.803. The number of fused-ring (bicyclic) bond motifs is 3. The molecule has 0 radical (unpaired) electrons. The lowest BCUT2D eigenvalue weighted by molar-refractivity contribution is 0.0735. The number of carbonyl (C=O) groups is 2. The summed E-state index contributed by atoms with van der Waals surface area (Å²) in [5, 5.41) is 12.5. The molecule has 0 atom stereocenters. The predicted octanol–water partition coefficient (Wildman–Crippen LogP) is 3.09. The molecule has 30 heavy (non-hydrogen) atoms. The second kappa shape index (κ2) is 6.65. The number of hydrogen-bond acceptors (Lipinski definition) is 4. The lowest BCUT2D eigenvalue weighted by Crippen LogP contribution is -2.46. The van der Waals surface area contributed by atoms with Crippen LogP contribution in [0.3, 0.4) is 0 Å². The van der Waals surface area contributed by atoms with Crippen LogP contribution in [0.25, 0.3) is 5.57 Å². The van der Waals surface area contributed by atoms with Crippen molar-refractivity contribution in [3.8, 4) is 6.07 Å². The summed E-state index contributed by atoms with van der Waals surface area (Å²) in [6.45, 7) is 7.27. The number of carbonyl (C=O) groups excluding carboxylic acids is 2. The average molecular weight is 397 g/mol. The Kier molecular flexibility index (Phi) is 4.16. The number of Topliss-reactive ketones (excluding diaryl/α,β-unsaturated/α-hetero) is 1. The SMILES string of the molecule is CC1(C)C2=C(C(=O)c3ccc(C(=O)N4CCNCC4)cc31)c1ccc(C#N)cc1C2. The Labute approximate surface area is 176 Å². The van der Waals surface area contributed by atoms with Crippen LogP contribution in [-0.2, 0) is 11.8 Å². The van der Waals surface area contributed by atoms with E-state index in [1.54, 1.807) is 12.1 Å². The van der Waals surface area contributed by atoms with Crippen LogP contribution in [-0.4, -0.2) is 42.8 Å². The molecule has 0 spiro atoms. The molecule has 1 heterocycles. The number of nitriles is 1. The second-order valence-electron chi connectivity index (χ2n) is 8.77. The van der Waals surface area contributed by atoms with E-state index >= 15 is 0 Å². The standard InChI is InChI=1S/C25H23N3O2/c1-25(2)20-12-16(24(30)28-9-7-27-8-10-28)4-6-19(20)23(29)22-18-5-3-15(14-26)11-17(18)13-21(22)25/h3-6,11-12,27H,7-10,13H2,1-2H3. The van der Waals surface area contributed by atoms with Crippen LogP contribution in [0.4, 0.5) is 0 Å². The third-order valence-electron chi connectivity index (χ3n) is 6.74. The molecular weight excluding hydrogens is 374 g/mol. The molecule has 0 bridgehead atoms. The van der Waals surface area contributed by atoms with E-state index in [2.05, 4.69) is 25.2 Å². The maximum atomic E-state index is 13.5. The van der Waals surface area contributed by atoms with Gasteiger partial charge in [0.05, 0.1) is 11.6 Å². The molecule has 0 unspecified atom stereocenters. The van der Waals surface area contributed by atoms with Gasteiger partial charge in [-0.25, -0.2) is 0 Å². The van der Waals surface area contributed by atoms with Crippen LogP contribution in [0, 0.1) is 11.3 Å². The van der Waals surface area contributed by atoms with Gasteiger partial charge in [0.1, 0.15) is 0 Å². The largest absolute Gasteiger partial charge is 0.336 e. The molecule has 1 fully saturated rings. The number of nitrogens with one attached hydrogen (secondary N) is 1. The molecular formula is C25H23N3O2. The summed E-state index contributed by atoms with van der Waals surface area (Å²) in [5.74, 6) is 0.0413. The minimum atomic E-state index is -0.371. The van der Waals surface area contributed by atoms with Gasteiger partial charge in [-0.1, -0.05) is 19.9 Å². The summed E-state index contributed by atoms with van der Waals surface area (Å²) in [6.07, 6.45) is 0.661. The maximum absolute atomic E-state index is 13.5. The third-order valence-corrected chi connectivity index (χ3v) is 6.74. The Morgan fingerprint density at radius 3 is 2.57 bits per heavy atom. The first-order valence-corrected chi connectivity index (χ1v) is 10.4. The molecule has 0 aromatic heterocycles. The van der Waals surface area contributed by atoms with Gasteiger partial charge in [-0.05, 0) is 59.0 Å². The van der Waals surface area contributed by atoms with Gasteiger partial charge in [-0.2, -0.15) is 5.26 Å². The van der Waals surface area contributed by atoms with E-state index < -0.39 is 0 Å². The average Bonchev–Trinajstić information content (AvgIpc) is 3.17. The maximum Gasteiger partial charge on any atom is 0.253 e. The Bertz CT molecular complexity index is 1180. The number of ketones is 1. The van der Waals surface area contributed by atoms with Crippen LogP contribution in [0.2, 0.25) is 0 Å². The van der Waals surface area contributed by atoms with Gasteiger partial charge in [-0.15, -0.1) is 0 Å². The lowest BCUT2D eigenvalue weighted by atomic mass is 9.68. The highest BCUT2D eigenvalue weighted by Gasteiger charge is 2.43. The molecule has 2 aliphatic carbocycles. The normalized spacial score (nSPS) is 19.1. The number of nitrogens with zero attached hydrogens (tertiary/aromatic N) is 2. The fourth-order valence-corrected chi connectivity index (χ4v) is 5.03. The van der Waals surface area contributed by atoms with Crippen molar-refractivity contribution in [1.82, 2.24) is 10.2 Å².